The predicted molar refractivity (Wildman–Crippen MR) is 107 cm³/mol. The van der Waals surface area contributed by atoms with Crippen molar-refractivity contribution < 1.29 is 21.8 Å². The highest BCUT2D eigenvalue weighted by Gasteiger charge is 2.09. The van der Waals surface area contributed by atoms with Crippen molar-refractivity contribution in [2.24, 2.45) is 5.10 Å². The van der Waals surface area contributed by atoms with Crippen molar-refractivity contribution >= 4 is 33.9 Å². The van der Waals surface area contributed by atoms with Crippen molar-refractivity contribution in [2.75, 3.05) is 0 Å². The molecule has 0 unspecified atom stereocenters. The molecule has 1 amide bonds. The van der Waals surface area contributed by atoms with Crippen LogP contribution in [0.4, 0.5) is 0 Å². The molecule has 5 nitrogen and oxygen atoms in total. The molecule has 2 aromatic heterocycles. The van der Waals surface area contributed by atoms with Crippen LogP contribution in [0.2, 0.25) is 0 Å². The molecule has 0 saturated heterocycles. The van der Waals surface area contributed by atoms with Gasteiger partial charge in [-0.15, -0.1) is 0 Å². The third kappa shape index (κ3) is 3.89. The first-order valence-electron chi connectivity index (χ1n) is 9.03. The SMILES string of the molecule is CCn1c2ccccc2c2cc(C=NNC(=O)C[n+]3ccccc3)ccc21.[Cl-]. The minimum Gasteiger partial charge on any atom is -1.00 e. The predicted octanol–water partition coefficient (Wildman–Crippen LogP) is 0.256. The van der Waals surface area contributed by atoms with Gasteiger partial charge in [0.1, 0.15) is 0 Å². The number of rotatable bonds is 5. The Kier molecular flexibility index (Phi) is 6.06. The van der Waals surface area contributed by atoms with Crippen LogP contribution in [-0.4, -0.2) is 16.7 Å². The van der Waals surface area contributed by atoms with E-state index in [1.54, 1.807) is 10.8 Å². The van der Waals surface area contributed by atoms with Crippen LogP contribution >= 0.6 is 0 Å². The second-order valence-corrected chi connectivity index (χ2v) is 6.38. The van der Waals surface area contributed by atoms with Gasteiger partial charge in [0, 0.05) is 40.5 Å². The van der Waals surface area contributed by atoms with Crippen molar-refractivity contribution in [1.82, 2.24) is 9.99 Å². The number of para-hydroxylation sites is 1. The van der Waals surface area contributed by atoms with Crippen LogP contribution in [0.5, 0.6) is 0 Å². The lowest BCUT2D eigenvalue weighted by Crippen LogP contribution is -3.00. The molecule has 28 heavy (non-hydrogen) atoms. The zero-order valence-corrected chi connectivity index (χ0v) is 16.3. The highest BCUT2D eigenvalue weighted by molar-refractivity contribution is 6.09. The van der Waals surface area contributed by atoms with Crippen LogP contribution in [-0.2, 0) is 17.9 Å². The van der Waals surface area contributed by atoms with Gasteiger partial charge in [0.2, 0.25) is 6.54 Å². The first kappa shape index (κ1) is 19.6. The summed E-state index contributed by atoms with van der Waals surface area (Å²) in [5.74, 6) is -0.161. The minimum absolute atomic E-state index is 0. The van der Waals surface area contributed by atoms with E-state index in [4.69, 9.17) is 0 Å². The molecule has 4 rings (SSSR count). The fourth-order valence-electron chi connectivity index (χ4n) is 3.41. The fraction of sp³-hybridized carbons (Fsp3) is 0.136. The van der Waals surface area contributed by atoms with E-state index in [0.717, 1.165) is 12.1 Å². The van der Waals surface area contributed by atoms with Gasteiger partial charge >= 0.3 is 5.91 Å². The zero-order valence-electron chi connectivity index (χ0n) is 15.5. The van der Waals surface area contributed by atoms with Crippen LogP contribution in [0.15, 0.2) is 78.2 Å². The van der Waals surface area contributed by atoms with Gasteiger partial charge in [-0.3, -0.25) is 4.79 Å². The third-order valence-electron chi connectivity index (χ3n) is 4.62. The third-order valence-corrected chi connectivity index (χ3v) is 4.62. The second kappa shape index (κ2) is 8.67. The van der Waals surface area contributed by atoms with Gasteiger partial charge < -0.3 is 17.0 Å². The van der Waals surface area contributed by atoms with Gasteiger partial charge in [0.25, 0.3) is 0 Å². The monoisotopic (exact) mass is 392 g/mol. The van der Waals surface area contributed by atoms with Crippen LogP contribution in [0.3, 0.4) is 0 Å². The molecule has 0 aliphatic heterocycles. The minimum atomic E-state index is -0.161. The Morgan fingerprint density at radius 1 is 1.04 bits per heavy atom. The number of hydrazone groups is 1. The van der Waals surface area contributed by atoms with E-state index in [1.165, 1.54) is 21.8 Å². The van der Waals surface area contributed by atoms with Crippen LogP contribution in [0.1, 0.15) is 12.5 Å². The first-order valence-corrected chi connectivity index (χ1v) is 9.03. The van der Waals surface area contributed by atoms with Gasteiger partial charge in [-0.1, -0.05) is 30.3 Å². The maximum atomic E-state index is 12.0. The van der Waals surface area contributed by atoms with Gasteiger partial charge in [-0.25, -0.2) is 5.43 Å². The normalized spacial score (nSPS) is 11.0. The summed E-state index contributed by atoms with van der Waals surface area (Å²) in [5, 5.41) is 6.53. The summed E-state index contributed by atoms with van der Waals surface area (Å²) in [7, 11) is 0. The molecular formula is C22H21ClN4O. The number of halogens is 1. The smallest absolute Gasteiger partial charge is 0.305 e. The number of nitrogens with one attached hydrogen (secondary N) is 1. The molecule has 0 fully saturated rings. The maximum absolute atomic E-state index is 12.0. The molecular weight excluding hydrogens is 372 g/mol. The molecule has 0 aliphatic rings. The maximum Gasteiger partial charge on any atom is 0.305 e. The van der Waals surface area contributed by atoms with Crippen molar-refractivity contribution in [3.05, 3.63) is 78.6 Å². The van der Waals surface area contributed by atoms with E-state index in [9.17, 15) is 4.79 Å². The number of benzene rings is 2. The molecule has 0 atom stereocenters. The van der Waals surface area contributed by atoms with Gasteiger partial charge in [0.15, 0.2) is 12.4 Å². The Labute approximate surface area is 169 Å². The number of fused-ring (bicyclic) bond motifs is 3. The molecule has 2 aromatic carbocycles. The summed E-state index contributed by atoms with van der Waals surface area (Å²) in [6.45, 7) is 3.31. The average Bonchev–Trinajstić information content (AvgIpc) is 3.02. The van der Waals surface area contributed by atoms with E-state index in [2.05, 4.69) is 58.4 Å². The van der Waals surface area contributed by atoms with Gasteiger partial charge in [-0.05, 0) is 30.7 Å². The summed E-state index contributed by atoms with van der Waals surface area (Å²) in [4.78, 5) is 12.0. The largest absolute Gasteiger partial charge is 1.00 e. The quantitative estimate of drug-likeness (QED) is 0.295. The lowest BCUT2D eigenvalue weighted by molar-refractivity contribution is -0.684. The Hall–Kier alpha value is -3.18. The molecule has 4 aromatic rings. The van der Waals surface area contributed by atoms with E-state index in [0.29, 0.717) is 0 Å². The summed E-state index contributed by atoms with van der Waals surface area (Å²) in [5.41, 5.74) is 5.98. The van der Waals surface area contributed by atoms with Gasteiger partial charge in [0.05, 0.1) is 6.21 Å². The number of carbonyl (C=O) groups is 1. The van der Waals surface area contributed by atoms with E-state index >= 15 is 0 Å². The first-order chi connectivity index (χ1) is 13.3. The van der Waals surface area contributed by atoms with E-state index in [1.807, 2.05) is 36.7 Å². The molecule has 0 saturated carbocycles. The standard InChI is InChI=1S/C22H20N4O.ClH/c1-2-26-20-9-5-4-8-18(20)19-14-17(10-11-21(19)26)15-23-24-22(27)16-25-12-6-3-7-13-25;/h3-15H,2,16H2,1H3;1H. The summed E-state index contributed by atoms with van der Waals surface area (Å²) in [6, 6.07) is 20.4. The Bertz CT molecular complexity index is 1140. The Morgan fingerprint density at radius 3 is 2.57 bits per heavy atom. The molecule has 0 bridgehead atoms. The summed E-state index contributed by atoms with van der Waals surface area (Å²) >= 11 is 0. The number of carbonyl (C=O) groups excluding carboxylic acids is 1. The molecule has 142 valence electrons. The van der Waals surface area contributed by atoms with Crippen molar-refractivity contribution in [1.29, 1.82) is 0 Å². The van der Waals surface area contributed by atoms with Crippen molar-refractivity contribution in [2.45, 2.75) is 20.0 Å². The van der Waals surface area contributed by atoms with Crippen LogP contribution in [0, 0.1) is 0 Å². The highest BCUT2D eigenvalue weighted by Crippen LogP contribution is 2.29. The van der Waals surface area contributed by atoms with Crippen molar-refractivity contribution in [3.63, 3.8) is 0 Å². The summed E-state index contributed by atoms with van der Waals surface area (Å²) in [6.07, 6.45) is 5.38. The lowest BCUT2D eigenvalue weighted by atomic mass is 10.1. The van der Waals surface area contributed by atoms with E-state index < -0.39 is 0 Å². The van der Waals surface area contributed by atoms with Gasteiger partial charge in [-0.2, -0.15) is 9.67 Å². The Morgan fingerprint density at radius 2 is 1.79 bits per heavy atom. The number of hydrogen-bond acceptors (Lipinski definition) is 2. The lowest BCUT2D eigenvalue weighted by Gasteiger charge is -2.02. The van der Waals surface area contributed by atoms with E-state index in [-0.39, 0.29) is 24.9 Å². The number of aromatic nitrogens is 2. The molecule has 2 heterocycles. The molecule has 6 heteroatoms. The average molecular weight is 393 g/mol. The number of nitrogens with zero attached hydrogens (tertiary/aromatic N) is 3. The molecule has 1 N–H and O–H groups in total. The zero-order chi connectivity index (χ0) is 18.6. The number of hydrogen-bond donors (Lipinski definition) is 1. The molecule has 0 radical (unpaired) electrons. The second-order valence-electron chi connectivity index (χ2n) is 6.38. The number of aryl methyl sites for hydroxylation is 1. The van der Waals surface area contributed by atoms with Crippen LogP contribution in [0.25, 0.3) is 21.8 Å². The van der Waals surface area contributed by atoms with Crippen LogP contribution < -0.4 is 22.4 Å². The van der Waals surface area contributed by atoms with Crippen molar-refractivity contribution in [3.8, 4) is 0 Å². The topological polar surface area (TPSA) is 50.3 Å². The molecule has 0 spiro atoms. The fourth-order valence-corrected chi connectivity index (χ4v) is 3.41. The number of amides is 1. The number of pyridine rings is 1. The summed E-state index contributed by atoms with van der Waals surface area (Å²) < 4.78 is 4.11. The molecule has 0 aliphatic carbocycles. The Balaban J connectivity index is 0.00000225. The highest BCUT2D eigenvalue weighted by atomic mass is 35.5.